The number of methoxy groups -OCH3 is 1. The van der Waals surface area contributed by atoms with E-state index in [1.54, 1.807) is 41.7 Å². The molecular weight excluding hydrogens is 513 g/mol. The number of thiazole rings is 1. The number of ether oxygens (including phenoxy) is 3. The van der Waals surface area contributed by atoms with Gasteiger partial charge in [-0.25, -0.2) is 4.57 Å². The second kappa shape index (κ2) is 13.4. The number of nitrogens with zero attached hydrogens (tertiary/aromatic N) is 1. The molecule has 0 saturated heterocycles. The van der Waals surface area contributed by atoms with Gasteiger partial charge in [-0.15, -0.1) is 0 Å². The van der Waals surface area contributed by atoms with Crippen LogP contribution in [0.3, 0.4) is 0 Å². The largest absolute Gasteiger partial charge is 0.527 e. The summed E-state index contributed by atoms with van der Waals surface area (Å²) >= 11 is 1.59. The highest BCUT2D eigenvalue weighted by Gasteiger charge is 2.26. The summed E-state index contributed by atoms with van der Waals surface area (Å²) < 4.78 is 42.0. The van der Waals surface area contributed by atoms with Crippen molar-refractivity contribution in [2.45, 2.75) is 19.3 Å². The van der Waals surface area contributed by atoms with Gasteiger partial charge in [-0.3, -0.25) is 9.42 Å². The molecule has 0 bridgehead atoms. The summed E-state index contributed by atoms with van der Waals surface area (Å²) in [4.78, 5) is 10.2. The Morgan fingerprint density at radius 2 is 1.62 bits per heavy atom. The van der Waals surface area contributed by atoms with Gasteiger partial charge in [0.15, 0.2) is 12.7 Å². The van der Waals surface area contributed by atoms with Crippen LogP contribution in [-0.4, -0.2) is 31.3 Å². The molecule has 194 valence electrons. The highest BCUT2D eigenvalue weighted by Crippen LogP contribution is 2.44. The molecule has 0 amide bonds. The van der Waals surface area contributed by atoms with Crippen LogP contribution in [-0.2, 0) is 27.0 Å². The molecule has 2 unspecified atom stereocenters. The topological polar surface area (TPSA) is 87.3 Å². The summed E-state index contributed by atoms with van der Waals surface area (Å²) in [5.74, 6) is 1.49. The number of phosphoric acid groups is 1. The first kappa shape index (κ1) is 26.9. The van der Waals surface area contributed by atoms with E-state index >= 15 is 0 Å². The number of rotatable bonds is 14. The van der Waals surface area contributed by atoms with Gasteiger partial charge in [-0.2, -0.15) is 4.57 Å². The molecule has 0 fully saturated rings. The fourth-order valence-electron chi connectivity index (χ4n) is 3.37. The van der Waals surface area contributed by atoms with Gasteiger partial charge in [-0.1, -0.05) is 59.9 Å². The molecule has 4 rings (SSSR count). The van der Waals surface area contributed by atoms with Crippen molar-refractivity contribution in [2.24, 2.45) is 0 Å². The number of hydrogen-bond donors (Lipinski definition) is 1. The Labute approximate surface area is 220 Å². The molecule has 1 N–H and O–H groups in total. The predicted molar refractivity (Wildman–Crippen MR) is 140 cm³/mol. The van der Waals surface area contributed by atoms with Gasteiger partial charge in [0.2, 0.25) is 5.51 Å². The van der Waals surface area contributed by atoms with Gasteiger partial charge in [-0.05, 0) is 29.8 Å². The molecule has 1 heterocycles. The van der Waals surface area contributed by atoms with Crippen LogP contribution in [0.2, 0.25) is 0 Å². The van der Waals surface area contributed by atoms with Crippen LogP contribution in [0.25, 0.3) is 0 Å². The van der Waals surface area contributed by atoms with E-state index < -0.39 is 13.9 Å². The Balaban J connectivity index is 1.25. The Kier molecular flexibility index (Phi) is 9.71. The molecule has 1 aromatic heterocycles. The first-order chi connectivity index (χ1) is 18.0. The lowest BCUT2D eigenvalue weighted by atomic mass is 10.2. The fraction of sp³-hybridized carbons (Fsp3) is 0.222. The summed E-state index contributed by atoms with van der Waals surface area (Å²) in [6.45, 7) is 0.976. The maximum Gasteiger partial charge on any atom is 0.527 e. The van der Waals surface area contributed by atoms with Crippen LogP contribution < -0.4 is 18.6 Å². The van der Waals surface area contributed by atoms with Crippen molar-refractivity contribution in [3.8, 4) is 17.2 Å². The minimum Gasteiger partial charge on any atom is -0.491 e. The molecular formula is C27H29NO7PS+. The summed E-state index contributed by atoms with van der Waals surface area (Å²) in [5.41, 5.74) is 3.97. The van der Waals surface area contributed by atoms with Gasteiger partial charge < -0.3 is 18.7 Å². The molecule has 2 atom stereocenters. The third kappa shape index (κ3) is 9.00. The zero-order chi connectivity index (χ0) is 25.9. The highest BCUT2D eigenvalue weighted by atomic mass is 32.1. The lowest BCUT2D eigenvalue weighted by molar-refractivity contribution is -0.683. The lowest BCUT2D eigenvalue weighted by Gasteiger charge is -2.19. The van der Waals surface area contributed by atoms with Gasteiger partial charge in [0, 0.05) is 18.7 Å². The second-order valence-corrected chi connectivity index (χ2v) is 10.3. The van der Waals surface area contributed by atoms with E-state index in [0.717, 1.165) is 11.1 Å². The number of hydrogen-bond acceptors (Lipinski definition) is 7. The average molecular weight is 543 g/mol. The standard InChI is InChI=1S/C27H28NO7PS/c1-31-27(19-33-25-11-6-10-24(16-25)32-18-22-7-3-2-4-8-22)20-34-36(29,30)35-26-12-5-9-23(15-26)17-28-13-14-37-21-28/h2-16,21,27H,17-20H2,1H3/p+1. The predicted octanol–water partition coefficient (Wildman–Crippen LogP) is 5.25. The van der Waals surface area contributed by atoms with Crippen LogP contribution in [0.15, 0.2) is 96.0 Å². The van der Waals surface area contributed by atoms with E-state index in [1.807, 2.05) is 70.2 Å². The first-order valence-electron chi connectivity index (χ1n) is 11.6. The van der Waals surface area contributed by atoms with Gasteiger partial charge >= 0.3 is 7.82 Å². The van der Waals surface area contributed by atoms with Crippen LogP contribution >= 0.6 is 19.2 Å². The van der Waals surface area contributed by atoms with E-state index in [4.69, 9.17) is 23.3 Å². The molecule has 37 heavy (non-hydrogen) atoms. The van der Waals surface area contributed by atoms with E-state index in [2.05, 4.69) is 0 Å². The molecule has 10 heteroatoms. The summed E-state index contributed by atoms with van der Waals surface area (Å²) in [7, 11) is -2.90. The third-order valence-electron chi connectivity index (χ3n) is 5.26. The number of benzene rings is 3. The maximum atomic E-state index is 12.5. The third-order valence-corrected chi connectivity index (χ3v) is 6.85. The van der Waals surface area contributed by atoms with Crippen molar-refractivity contribution in [2.75, 3.05) is 20.3 Å². The van der Waals surface area contributed by atoms with Crippen molar-refractivity contribution >= 4 is 19.2 Å². The van der Waals surface area contributed by atoms with Crippen LogP contribution in [0.5, 0.6) is 17.2 Å². The maximum absolute atomic E-state index is 12.5. The van der Waals surface area contributed by atoms with E-state index in [9.17, 15) is 9.46 Å². The summed E-state index contributed by atoms with van der Waals surface area (Å²) in [6.07, 6.45) is 1.36. The molecule has 8 nitrogen and oxygen atoms in total. The number of phosphoric ester groups is 1. The molecule has 0 spiro atoms. The fourth-order valence-corrected chi connectivity index (χ4v) is 4.75. The quantitative estimate of drug-likeness (QED) is 0.172. The van der Waals surface area contributed by atoms with Gasteiger partial charge in [0.05, 0.1) is 12.0 Å². The summed E-state index contributed by atoms with van der Waals surface area (Å²) in [6, 6.07) is 24.1. The van der Waals surface area contributed by atoms with Crippen molar-refractivity contribution < 1.29 is 37.3 Å². The zero-order valence-corrected chi connectivity index (χ0v) is 22.1. The molecule has 0 aliphatic rings. The Morgan fingerprint density at radius 1 is 0.892 bits per heavy atom. The van der Waals surface area contributed by atoms with Gasteiger partial charge in [0.1, 0.15) is 36.6 Å². The van der Waals surface area contributed by atoms with E-state index in [-0.39, 0.29) is 19.0 Å². The monoisotopic (exact) mass is 542 g/mol. The molecule has 0 radical (unpaired) electrons. The molecule has 4 aromatic rings. The molecule has 0 aliphatic heterocycles. The van der Waals surface area contributed by atoms with E-state index in [1.165, 1.54) is 7.11 Å². The van der Waals surface area contributed by atoms with Crippen molar-refractivity contribution in [1.82, 2.24) is 0 Å². The highest BCUT2D eigenvalue weighted by molar-refractivity contribution is 7.47. The Morgan fingerprint density at radius 3 is 2.38 bits per heavy atom. The minimum absolute atomic E-state index is 0.103. The van der Waals surface area contributed by atoms with Crippen molar-refractivity contribution in [3.05, 3.63) is 107 Å². The minimum atomic E-state index is -4.37. The first-order valence-corrected chi connectivity index (χ1v) is 14.0. The second-order valence-electron chi connectivity index (χ2n) is 8.12. The van der Waals surface area contributed by atoms with Gasteiger partial charge in [0.25, 0.3) is 0 Å². The zero-order valence-electron chi connectivity index (χ0n) is 20.3. The van der Waals surface area contributed by atoms with Crippen molar-refractivity contribution in [1.29, 1.82) is 0 Å². The Bertz CT molecular complexity index is 1290. The Hall–Kier alpha value is -3.20. The summed E-state index contributed by atoms with van der Waals surface area (Å²) in [5, 5.41) is 1.97. The van der Waals surface area contributed by atoms with E-state index in [0.29, 0.717) is 24.7 Å². The molecule has 3 aromatic carbocycles. The average Bonchev–Trinajstić information content (AvgIpc) is 3.41. The van der Waals surface area contributed by atoms with Crippen LogP contribution in [0.4, 0.5) is 0 Å². The number of aromatic nitrogens is 1. The molecule has 0 aliphatic carbocycles. The van der Waals surface area contributed by atoms with Crippen LogP contribution in [0, 0.1) is 0 Å². The lowest BCUT2D eigenvalue weighted by Crippen LogP contribution is -2.30. The molecule has 0 saturated carbocycles. The van der Waals surface area contributed by atoms with Crippen molar-refractivity contribution in [3.63, 3.8) is 0 Å². The van der Waals surface area contributed by atoms with Crippen LogP contribution in [0.1, 0.15) is 11.1 Å². The SMILES string of the molecule is COC(COc1cccc(OCc2ccccc2)c1)COP(=O)(O)Oc1cccc(C[n+]2ccsc2)c1. The normalized spacial score (nSPS) is 13.5. The smallest absolute Gasteiger partial charge is 0.491 e.